The van der Waals surface area contributed by atoms with Gasteiger partial charge in [-0.05, 0) is 48.8 Å². The van der Waals surface area contributed by atoms with Gasteiger partial charge in [0, 0.05) is 6.42 Å². The number of benzene rings is 1. The average molecular weight is 246 g/mol. The van der Waals surface area contributed by atoms with E-state index >= 15 is 0 Å². The van der Waals surface area contributed by atoms with Gasteiger partial charge in [0.1, 0.15) is 5.75 Å². The Labute approximate surface area is 109 Å². The van der Waals surface area contributed by atoms with Crippen LogP contribution in [-0.2, 0) is 6.42 Å². The molecule has 18 heavy (non-hydrogen) atoms. The molecule has 2 saturated carbocycles. The maximum Gasteiger partial charge on any atom is 0.122 e. The van der Waals surface area contributed by atoms with Crippen molar-refractivity contribution in [1.29, 1.82) is 0 Å². The fourth-order valence-corrected chi connectivity index (χ4v) is 3.15. The minimum absolute atomic E-state index is 0.401. The lowest BCUT2D eigenvalue weighted by molar-refractivity contribution is 0.151. The maximum atomic E-state index is 10.0. The molecule has 2 heteroatoms. The molecular weight excluding hydrogens is 224 g/mol. The first-order valence-electron chi connectivity index (χ1n) is 7.09. The highest BCUT2D eigenvalue weighted by Gasteiger charge is 2.40. The Balaban J connectivity index is 1.86. The number of hydrogen-bond donors (Lipinski definition) is 1. The molecule has 2 fully saturated rings. The molecule has 0 bridgehead atoms. The smallest absolute Gasteiger partial charge is 0.122 e. The van der Waals surface area contributed by atoms with Crippen LogP contribution in [0.2, 0.25) is 0 Å². The van der Waals surface area contributed by atoms with Crippen LogP contribution in [-0.4, -0.2) is 17.8 Å². The van der Waals surface area contributed by atoms with Gasteiger partial charge in [0.2, 0.25) is 0 Å². The third kappa shape index (κ3) is 2.39. The summed E-state index contributed by atoms with van der Waals surface area (Å²) in [5.41, 5.74) is 2.22. The lowest BCUT2D eigenvalue weighted by Gasteiger charge is -2.17. The van der Waals surface area contributed by atoms with Crippen LogP contribution in [0.15, 0.2) is 18.2 Å². The third-order valence-electron chi connectivity index (χ3n) is 4.45. The van der Waals surface area contributed by atoms with Gasteiger partial charge in [-0.2, -0.15) is 0 Å². The van der Waals surface area contributed by atoms with E-state index in [-0.39, 0.29) is 0 Å². The second-order valence-electron chi connectivity index (χ2n) is 5.96. The lowest BCUT2D eigenvalue weighted by atomic mass is 9.93. The average Bonchev–Trinajstić information content (AvgIpc) is 2.91. The molecule has 3 rings (SSSR count). The van der Waals surface area contributed by atoms with E-state index in [1.54, 1.807) is 7.11 Å². The summed E-state index contributed by atoms with van der Waals surface area (Å²) in [5.74, 6) is 1.68. The van der Waals surface area contributed by atoms with Crippen molar-refractivity contribution in [3.63, 3.8) is 0 Å². The van der Waals surface area contributed by atoms with Gasteiger partial charge in [0.15, 0.2) is 0 Å². The summed E-state index contributed by atoms with van der Waals surface area (Å²) in [6.45, 7) is 0. The fourth-order valence-electron chi connectivity index (χ4n) is 3.15. The zero-order chi connectivity index (χ0) is 12.6. The first-order valence-corrected chi connectivity index (χ1v) is 7.09. The molecule has 0 aromatic heterocycles. The zero-order valence-electron chi connectivity index (χ0n) is 11.1. The molecule has 1 aromatic carbocycles. The van der Waals surface area contributed by atoms with E-state index in [4.69, 9.17) is 4.74 Å². The SMILES string of the molecule is COc1ccc(CC2(O)CC2)cc1C1CCCC1. The van der Waals surface area contributed by atoms with Crippen LogP contribution in [0, 0.1) is 0 Å². The summed E-state index contributed by atoms with van der Waals surface area (Å²) in [5, 5.41) is 10.0. The predicted octanol–water partition coefficient (Wildman–Crippen LogP) is 3.42. The molecule has 2 aliphatic carbocycles. The van der Waals surface area contributed by atoms with Crippen molar-refractivity contribution in [2.45, 2.75) is 56.5 Å². The second kappa shape index (κ2) is 4.58. The van der Waals surface area contributed by atoms with E-state index in [2.05, 4.69) is 18.2 Å². The monoisotopic (exact) mass is 246 g/mol. The van der Waals surface area contributed by atoms with Gasteiger partial charge in [-0.3, -0.25) is 0 Å². The molecule has 1 aromatic rings. The summed E-state index contributed by atoms with van der Waals surface area (Å²) >= 11 is 0. The topological polar surface area (TPSA) is 29.5 Å². The van der Waals surface area contributed by atoms with Crippen LogP contribution in [0.4, 0.5) is 0 Å². The van der Waals surface area contributed by atoms with E-state index in [1.165, 1.54) is 36.8 Å². The molecule has 0 unspecified atom stereocenters. The Morgan fingerprint density at radius 2 is 2.00 bits per heavy atom. The molecule has 0 amide bonds. The van der Waals surface area contributed by atoms with Crippen molar-refractivity contribution in [2.75, 3.05) is 7.11 Å². The Bertz CT molecular complexity index is 429. The van der Waals surface area contributed by atoms with Gasteiger partial charge < -0.3 is 9.84 Å². The Morgan fingerprint density at radius 1 is 1.28 bits per heavy atom. The summed E-state index contributed by atoms with van der Waals surface area (Å²) in [6, 6.07) is 6.45. The molecule has 0 saturated heterocycles. The van der Waals surface area contributed by atoms with Crippen LogP contribution >= 0.6 is 0 Å². The highest BCUT2D eigenvalue weighted by molar-refractivity contribution is 5.41. The standard InChI is InChI=1S/C16H22O2/c1-18-15-7-6-12(11-16(17)8-9-16)10-14(15)13-4-2-3-5-13/h6-7,10,13,17H,2-5,8-9,11H2,1H3. The molecule has 98 valence electrons. The molecule has 0 aliphatic heterocycles. The quantitative estimate of drug-likeness (QED) is 0.882. The highest BCUT2D eigenvalue weighted by Crippen LogP contribution is 2.42. The van der Waals surface area contributed by atoms with Crippen molar-refractivity contribution in [1.82, 2.24) is 0 Å². The molecule has 2 nitrogen and oxygen atoms in total. The number of hydrogen-bond acceptors (Lipinski definition) is 2. The van der Waals surface area contributed by atoms with Crippen molar-refractivity contribution in [3.8, 4) is 5.75 Å². The van der Waals surface area contributed by atoms with Crippen LogP contribution in [0.5, 0.6) is 5.75 Å². The third-order valence-corrected chi connectivity index (χ3v) is 4.45. The molecule has 0 radical (unpaired) electrons. The molecule has 0 atom stereocenters. The molecule has 2 aliphatic rings. The fraction of sp³-hybridized carbons (Fsp3) is 0.625. The number of ether oxygens (including phenoxy) is 1. The van der Waals surface area contributed by atoms with Crippen LogP contribution < -0.4 is 4.74 Å². The van der Waals surface area contributed by atoms with E-state index in [9.17, 15) is 5.11 Å². The number of rotatable bonds is 4. The Morgan fingerprint density at radius 3 is 2.61 bits per heavy atom. The van der Waals surface area contributed by atoms with Crippen molar-refractivity contribution in [3.05, 3.63) is 29.3 Å². The summed E-state index contributed by atoms with van der Waals surface area (Å²) < 4.78 is 5.50. The first kappa shape index (κ1) is 12.0. The van der Waals surface area contributed by atoms with E-state index in [0.29, 0.717) is 5.92 Å². The Kier molecular flexibility index (Phi) is 3.06. The first-order chi connectivity index (χ1) is 8.70. The van der Waals surface area contributed by atoms with Gasteiger partial charge in [0.05, 0.1) is 12.7 Å². The lowest BCUT2D eigenvalue weighted by Crippen LogP contribution is -2.11. The van der Waals surface area contributed by atoms with Crippen LogP contribution in [0.3, 0.4) is 0 Å². The van der Waals surface area contributed by atoms with Gasteiger partial charge in [-0.25, -0.2) is 0 Å². The van der Waals surface area contributed by atoms with Crippen LogP contribution in [0.25, 0.3) is 0 Å². The molecule has 0 heterocycles. The van der Waals surface area contributed by atoms with Gasteiger partial charge in [-0.1, -0.05) is 25.0 Å². The normalized spacial score (nSPS) is 22.1. The van der Waals surface area contributed by atoms with Crippen molar-refractivity contribution < 1.29 is 9.84 Å². The molecule has 1 N–H and O–H groups in total. The van der Waals surface area contributed by atoms with Crippen molar-refractivity contribution in [2.24, 2.45) is 0 Å². The number of aliphatic hydroxyl groups is 1. The summed E-state index contributed by atoms with van der Waals surface area (Å²) in [6.07, 6.45) is 7.95. The van der Waals surface area contributed by atoms with Crippen LogP contribution in [0.1, 0.15) is 55.6 Å². The summed E-state index contributed by atoms with van der Waals surface area (Å²) in [4.78, 5) is 0. The summed E-state index contributed by atoms with van der Waals surface area (Å²) in [7, 11) is 1.75. The zero-order valence-corrected chi connectivity index (χ0v) is 11.1. The molecular formula is C16H22O2. The minimum atomic E-state index is -0.401. The minimum Gasteiger partial charge on any atom is -0.496 e. The van der Waals surface area contributed by atoms with E-state index in [0.717, 1.165) is 25.0 Å². The van der Waals surface area contributed by atoms with E-state index in [1.807, 2.05) is 0 Å². The van der Waals surface area contributed by atoms with Gasteiger partial charge >= 0.3 is 0 Å². The highest BCUT2D eigenvalue weighted by atomic mass is 16.5. The number of methoxy groups -OCH3 is 1. The van der Waals surface area contributed by atoms with E-state index < -0.39 is 5.60 Å². The maximum absolute atomic E-state index is 10.0. The Hall–Kier alpha value is -1.02. The van der Waals surface area contributed by atoms with Gasteiger partial charge in [-0.15, -0.1) is 0 Å². The second-order valence-corrected chi connectivity index (χ2v) is 5.96. The largest absolute Gasteiger partial charge is 0.496 e. The van der Waals surface area contributed by atoms with Gasteiger partial charge in [0.25, 0.3) is 0 Å². The molecule has 0 spiro atoms. The predicted molar refractivity (Wildman–Crippen MR) is 72.1 cm³/mol. The van der Waals surface area contributed by atoms with Crippen molar-refractivity contribution >= 4 is 0 Å².